The molecular weight excluding hydrogens is 314 g/mol. The molecule has 6 heteroatoms. The number of ether oxygens (including phenoxy) is 1. The maximum atomic E-state index is 14.1. The molecule has 24 heavy (non-hydrogen) atoms. The first-order valence-electron chi connectivity index (χ1n) is 8.50. The number of carbonyl (C=O) groups excluding carboxylic acids is 1. The summed E-state index contributed by atoms with van der Waals surface area (Å²) in [6.07, 6.45) is 0.907. The summed E-state index contributed by atoms with van der Waals surface area (Å²) >= 11 is 0. The molecule has 1 aromatic carbocycles. The fraction of sp³-hybridized carbons (Fsp3) is 0.611. The summed E-state index contributed by atoms with van der Waals surface area (Å²) in [4.78, 5) is 14.2. The number of nitrogens with one attached hydrogen (secondary N) is 1. The molecule has 1 N–H and O–H groups in total. The van der Waals surface area contributed by atoms with Crippen LogP contribution in [0.15, 0.2) is 18.2 Å². The summed E-state index contributed by atoms with van der Waals surface area (Å²) < 4.78 is 32.6. The van der Waals surface area contributed by atoms with Crippen LogP contribution in [0.2, 0.25) is 0 Å². The van der Waals surface area contributed by atoms with E-state index in [1.54, 1.807) is 4.90 Å². The van der Waals surface area contributed by atoms with Crippen molar-refractivity contribution in [3.05, 3.63) is 35.4 Å². The molecular formula is C18H26F2N2O2. The minimum absolute atomic E-state index is 0.0178. The fourth-order valence-corrected chi connectivity index (χ4v) is 3.02. The second-order valence-electron chi connectivity index (χ2n) is 6.60. The lowest BCUT2D eigenvalue weighted by Gasteiger charge is -2.26. The Kier molecular flexibility index (Phi) is 6.54. The van der Waals surface area contributed by atoms with E-state index in [0.29, 0.717) is 37.8 Å². The zero-order valence-electron chi connectivity index (χ0n) is 14.5. The van der Waals surface area contributed by atoms with Crippen molar-refractivity contribution in [2.24, 2.45) is 11.8 Å². The second kappa shape index (κ2) is 8.42. The maximum Gasteiger partial charge on any atom is 0.317 e. The number of halogens is 2. The van der Waals surface area contributed by atoms with Gasteiger partial charge < -0.3 is 15.0 Å². The molecule has 0 radical (unpaired) electrons. The van der Waals surface area contributed by atoms with E-state index in [1.165, 1.54) is 12.1 Å². The highest BCUT2D eigenvalue weighted by Crippen LogP contribution is 2.26. The highest BCUT2D eigenvalue weighted by atomic mass is 19.1. The van der Waals surface area contributed by atoms with Gasteiger partial charge in [0.25, 0.3) is 0 Å². The standard InChI is InChI=1S/C18H26F2N2O2/c1-4-24-11-13-7-8-22(10-13)18(23)21-17(12(2)3)15-6-5-14(19)9-16(15)20/h5-6,9,12-13,17H,4,7-8,10-11H2,1-3H3,(H,21,23)/t13-,17+/m0/s1. The molecule has 1 aromatic rings. The Bertz CT molecular complexity index is 566. The van der Waals surface area contributed by atoms with Gasteiger partial charge in [-0.15, -0.1) is 0 Å². The van der Waals surface area contributed by atoms with Gasteiger partial charge in [-0.1, -0.05) is 19.9 Å². The quantitative estimate of drug-likeness (QED) is 0.857. The molecule has 4 nitrogen and oxygen atoms in total. The molecule has 0 aromatic heterocycles. The van der Waals surface area contributed by atoms with Gasteiger partial charge in [0.2, 0.25) is 0 Å². The van der Waals surface area contributed by atoms with Gasteiger partial charge in [-0.25, -0.2) is 13.6 Å². The first-order valence-corrected chi connectivity index (χ1v) is 8.50. The summed E-state index contributed by atoms with van der Waals surface area (Å²) in [5.74, 6) is -0.931. The smallest absolute Gasteiger partial charge is 0.317 e. The molecule has 1 heterocycles. The number of urea groups is 1. The van der Waals surface area contributed by atoms with Gasteiger partial charge in [-0.05, 0) is 25.3 Å². The molecule has 0 saturated carbocycles. The van der Waals surface area contributed by atoms with Crippen molar-refractivity contribution in [1.82, 2.24) is 10.2 Å². The number of carbonyl (C=O) groups is 1. The van der Waals surface area contributed by atoms with Crippen LogP contribution in [0.4, 0.5) is 13.6 Å². The van der Waals surface area contributed by atoms with Gasteiger partial charge in [0, 0.05) is 37.2 Å². The van der Waals surface area contributed by atoms with Crippen LogP contribution in [-0.4, -0.2) is 37.2 Å². The Morgan fingerprint density at radius 2 is 2.17 bits per heavy atom. The predicted octanol–water partition coefficient (Wildman–Crippen LogP) is 3.73. The van der Waals surface area contributed by atoms with Gasteiger partial charge in [-0.2, -0.15) is 0 Å². The first kappa shape index (κ1) is 18.6. The monoisotopic (exact) mass is 340 g/mol. The number of nitrogens with zero attached hydrogens (tertiary/aromatic N) is 1. The number of likely N-dealkylation sites (tertiary alicyclic amines) is 1. The van der Waals surface area contributed by atoms with E-state index in [1.807, 2.05) is 20.8 Å². The second-order valence-corrected chi connectivity index (χ2v) is 6.60. The van der Waals surface area contributed by atoms with E-state index in [0.717, 1.165) is 12.5 Å². The van der Waals surface area contributed by atoms with E-state index >= 15 is 0 Å². The van der Waals surface area contributed by atoms with Crippen LogP contribution in [0.5, 0.6) is 0 Å². The molecule has 0 aliphatic carbocycles. The molecule has 1 aliphatic rings. The van der Waals surface area contributed by atoms with Crippen molar-refractivity contribution in [3.63, 3.8) is 0 Å². The number of amides is 2. The number of hydrogen-bond acceptors (Lipinski definition) is 2. The molecule has 0 bridgehead atoms. The Morgan fingerprint density at radius 1 is 1.42 bits per heavy atom. The van der Waals surface area contributed by atoms with E-state index in [2.05, 4.69) is 5.32 Å². The average Bonchev–Trinajstić information content (AvgIpc) is 3.00. The predicted molar refractivity (Wildman–Crippen MR) is 88.6 cm³/mol. The zero-order chi connectivity index (χ0) is 17.7. The third-order valence-electron chi connectivity index (χ3n) is 4.37. The van der Waals surface area contributed by atoms with Gasteiger partial charge >= 0.3 is 6.03 Å². The Morgan fingerprint density at radius 3 is 2.79 bits per heavy atom. The summed E-state index contributed by atoms with van der Waals surface area (Å²) in [5, 5.41) is 2.90. The maximum absolute atomic E-state index is 14.1. The SMILES string of the molecule is CCOC[C@H]1CCN(C(=O)N[C@@H](c2ccc(F)cc2F)C(C)C)C1. The van der Waals surface area contributed by atoms with Crippen molar-refractivity contribution in [3.8, 4) is 0 Å². The molecule has 0 unspecified atom stereocenters. The highest BCUT2D eigenvalue weighted by Gasteiger charge is 2.29. The van der Waals surface area contributed by atoms with Gasteiger partial charge in [0.05, 0.1) is 12.6 Å². The molecule has 1 saturated heterocycles. The van der Waals surface area contributed by atoms with Crippen LogP contribution in [0, 0.1) is 23.5 Å². The van der Waals surface area contributed by atoms with E-state index in [4.69, 9.17) is 4.74 Å². The molecule has 134 valence electrons. The molecule has 1 fully saturated rings. The fourth-order valence-electron chi connectivity index (χ4n) is 3.02. The summed E-state index contributed by atoms with van der Waals surface area (Å²) in [6, 6.07) is 2.76. The van der Waals surface area contributed by atoms with Crippen molar-refractivity contribution in [2.45, 2.75) is 33.2 Å². The largest absolute Gasteiger partial charge is 0.381 e. The Hall–Kier alpha value is -1.69. The third kappa shape index (κ3) is 4.66. The molecule has 0 spiro atoms. The number of benzene rings is 1. The number of rotatable bonds is 6. The van der Waals surface area contributed by atoms with Gasteiger partial charge in [0.1, 0.15) is 11.6 Å². The summed E-state index contributed by atoms with van der Waals surface area (Å²) in [6.45, 7) is 8.38. The lowest BCUT2D eigenvalue weighted by Crippen LogP contribution is -2.42. The topological polar surface area (TPSA) is 41.6 Å². The van der Waals surface area contributed by atoms with Crippen molar-refractivity contribution in [1.29, 1.82) is 0 Å². The lowest BCUT2D eigenvalue weighted by molar-refractivity contribution is 0.113. The Balaban J connectivity index is 2.02. The number of hydrogen-bond donors (Lipinski definition) is 1. The Labute approximate surface area is 142 Å². The minimum Gasteiger partial charge on any atom is -0.381 e. The lowest BCUT2D eigenvalue weighted by atomic mass is 9.95. The van der Waals surface area contributed by atoms with Crippen molar-refractivity contribution >= 4 is 6.03 Å². The summed E-state index contributed by atoms with van der Waals surface area (Å²) in [5.41, 5.74) is 0.310. The van der Waals surface area contributed by atoms with Crippen LogP contribution in [0.3, 0.4) is 0 Å². The zero-order valence-corrected chi connectivity index (χ0v) is 14.5. The van der Waals surface area contributed by atoms with E-state index < -0.39 is 17.7 Å². The van der Waals surface area contributed by atoms with Gasteiger partial charge in [-0.3, -0.25) is 0 Å². The van der Waals surface area contributed by atoms with Crippen molar-refractivity contribution in [2.75, 3.05) is 26.3 Å². The minimum atomic E-state index is -0.635. The highest BCUT2D eigenvalue weighted by molar-refractivity contribution is 5.75. The molecule has 1 aliphatic heterocycles. The summed E-state index contributed by atoms with van der Waals surface area (Å²) in [7, 11) is 0. The average molecular weight is 340 g/mol. The van der Waals surface area contributed by atoms with Crippen LogP contribution in [0.1, 0.15) is 38.8 Å². The molecule has 2 atom stereocenters. The van der Waals surface area contributed by atoms with E-state index in [9.17, 15) is 13.6 Å². The van der Waals surface area contributed by atoms with Crippen LogP contribution in [0.25, 0.3) is 0 Å². The van der Waals surface area contributed by atoms with Crippen LogP contribution < -0.4 is 5.32 Å². The van der Waals surface area contributed by atoms with Gasteiger partial charge in [0.15, 0.2) is 0 Å². The van der Waals surface area contributed by atoms with E-state index in [-0.39, 0.29) is 11.9 Å². The molecule has 2 rings (SSSR count). The van der Waals surface area contributed by atoms with Crippen molar-refractivity contribution < 1.29 is 18.3 Å². The first-order chi connectivity index (χ1) is 11.4. The third-order valence-corrected chi connectivity index (χ3v) is 4.37. The van der Waals surface area contributed by atoms with Crippen LogP contribution in [-0.2, 0) is 4.74 Å². The molecule has 2 amide bonds. The normalized spacial score (nSPS) is 18.9. The van der Waals surface area contributed by atoms with Crippen LogP contribution >= 0.6 is 0 Å².